The van der Waals surface area contributed by atoms with Gasteiger partial charge in [-0.3, -0.25) is 0 Å². The van der Waals surface area contributed by atoms with Crippen LogP contribution in [0.3, 0.4) is 0 Å². The van der Waals surface area contributed by atoms with Gasteiger partial charge in [0.15, 0.2) is 0 Å². The molecule has 2 nitrogen and oxygen atoms in total. The second-order valence-electron chi connectivity index (χ2n) is 3.38. The van der Waals surface area contributed by atoms with Gasteiger partial charge in [0.05, 0.1) is 0 Å². The van der Waals surface area contributed by atoms with E-state index in [1.165, 1.54) is 12.1 Å². The molecule has 0 atom stereocenters. The topological polar surface area (TPSA) is 28.7 Å². The Morgan fingerprint density at radius 3 is 2.81 bits per heavy atom. The first kappa shape index (κ1) is 11.4. The molecule has 82 valence electrons. The maximum atomic E-state index is 13.1. The van der Waals surface area contributed by atoms with Gasteiger partial charge in [-0.15, -0.1) is 0 Å². The van der Waals surface area contributed by atoms with Crippen LogP contribution >= 0.6 is 28.1 Å². The number of H-pyrrole nitrogens is 1. The Balaban J connectivity index is 2.66. The van der Waals surface area contributed by atoms with Crippen LogP contribution < -0.4 is 0 Å². The lowest BCUT2D eigenvalue weighted by atomic mass is 10.2. The molecule has 0 unspecified atom stereocenters. The zero-order chi connectivity index (χ0) is 11.7. The molecule has 0 aliphatic rings. The fourth-order valence-corrected chi connectivity index (χ4v) is 2.09. The smallest absolute Gasteiger partial charge is 0.140 e. The third kappa shape index (κ3) is 2.36. The highest BCUT2D eigenvalue weighted by Crippen LogP contribution is 2.26. The molecule has 2 rings (SSSR count). The van der Waals surface area contributed by atoms with Crippen LogP contribution in [0.1, 0.15) is 5.69 Å². The Kier molecular flexibility index (Phi) is 3.16. The molecule has 2 aromatic rings. The summed E-state index contributed by atoms with van der Waals surface area (Å²) in [5.41, 5.74) is 1.56. The fraction of sp³-hybridized carbons (Fsp3) is 0.0909. The van der Waals surface area contributed by atoms with Crippen LogP contribution in [0.4, 0.5) is 4.39 Å². The number of rotatable bonds is 1. The van der Waals surface area contributed by atoms with Crippen molar-refractivity contribution in [2.75, 3.05) is 0 Å². The van der Waals surface area contributed by atoms with Crippen molar-refractivity contribution < 1.29 is 4.39 Å². The van der Waals surface area contributed by atoms with Crippen molar-refractivity contribution in [3.63, 3.8) is 0 Å². The van der Waals surface area contributed by atoms with Gasteiger partial charge in [-0.25, -0.2) is 9.37 Å². The third-order valence-electron chi connectivity index (χ3n) is 2.06. The average Bonchev–Trinajstić information content (AvgIpc) is 2.20. The molecule has 5 heteroatoms. The largest absolute Gasteiger partial charge is 0.343 e. The molecule has 0 saturated heterocycles. The van der Waals surface area contributed by atoms with E-state index in [0.717, 1.165) is 10.2 Å². The van der Waals surface area contributed by atoms with Crippen LogP contribution in [0.2, 0.25) is 0 Å². The van der Waals surface area contributed by atoms with Gasteiger partial charge < -0.3 is 4.98 Å². The molecule has 0 aliphatic carbocycles. The van der Waals surface area contributed by atoms with Crippen LogP contribution in [0.25, 0.3) is 11.4 Å². The van der Waals surface area contributed by atoms with E-state index in [2.05, 4.69) is 25.9 Å². The highest BCUT2D eigenvalue weighted by Gasteiger charge is 2.07. The monoisotopic (exact) mass is 298 g/mol. The van der Waals surface area contributed by atoms with Crippen molar-refractivity contribution >= 4 is 28.1 Å². The zero-order valence-corrected chi connectivity index (χ0v) is 10.8. The van der Waals surface area contributed by atoms with Gasteiger partial charge in [0.1, 0.15) is 16.3 Å². The van der Waals surface area contributed by atoms with E-state index in [4.69, 9.17) is 12.2 Å². The summed E-state index contributed by atoms with van der Waals surface area (Å²) in [7, 11) is 0. The van der Waals surface area contributed by atoms with Crippen LogP contribution in [0, 0.1) is 17.4 Å². The molecule has 0 radical (unpaired) electrons. The van der Waals surface area contributed by atoms with Gasteiger partial charge in [-0.05, 0) is 31.2 Å². The summed E-state index contributed by atoms with van der Waals surface area (Å²) < 4.78 is 14.4. The molecular formula is C11H8BrFN2S. The SMILES string of the molecule is Cc1cc(=S)nc(-c2cc(F)ccc2Br)[nH]1. The third-order valence-corrected chi connectivity index (χ3v) is 2.96. The summed E-state index contributed by atoms with van der Waals surface area (Å²) in [6, 6.07) is 6.20. The van der Waals surface area contributed by atoms with Crippen molar-refractivity contribution in [2.24, 2.45) is 0 Å². The summed E-state index contributed by atoms with van der Waals surface area (Å²) in [6.45, 7) is 1.88. The molecule has 0 bridgehead atoms. The van der Waals surface area contributed by atoms with Gasteiger partial charge in [-0.2, -0.15) is 0 Å². The normalized spacial score (nSPS) is 10.4. The molecular weight excluding hydrogens is 291 g/mol. The van der Waals surface area contributed by atoms with E-state index in [1.54, 1.807) is 12.1 Å². The summed E-state index contributed by atoms with van der Waals surface area (Å²) in [5.74, 6) is 0.261. The van der Waals surface area contributed by atoms with Crippen molar-refractivity contribution in [1.82, 2.24) is 9.97 Å². The standard InChI is InChI=1S/C11H8BrFN2S/c1-6-4-10(16)15-11(14-6)8-5-7(13)2-3-9(8)12/h2-5H,1H3,(H,14,15,16). The zero-order valence-electron chi connectivity index (χ0n) is 8.42. The molecule has 0 spiro atoms. The summed E-state index contributed by atoms with van der Waals surface area (Å²) >= 11 is 8.38. The Morgan fingerprint density at radius 1 is 1.38 bits per heavy atom. The van der Waals surface area contributed by atoms with Gasteiger partial charge in [-0.1, -0.05) is 28.1 Å². The average molecular weight is 299 g/mol. The number of nitrogens with one attached hydrogen (secondary N) is 1. The number of nitrogens with zero attached hydrogens (tertiary/aromatic N) is 1. The Morgan fingerprint density at radius 2 is 2.12 bits per heavy atom. The Labute approximate surface area is 106 Å². The van der Waals surface area contributed by atoms with E-state index >= 15 is 0 Å². The van der Waals surface area contributed by atoms with E-state index in [0.29, 0.717) is 16.0 Å². The lowest BCUT2D eigenvalue weighted by Crippen LogP contribution is -1.93. The van der Waals surface area contributed by atoms with Crippen LogP contribution in [-0.2, 0) is 0 Å². The Hall–Kier alpha value is -1.07. The highest BCUT2D eigenvalue weighted by atomic mass is 79.9. The van der Waals surface area contributed by atoms with E-state index < -0.39 is 0 Å². The van der Waals surface area contributed by atoms with Crippen LogP contribution in [0.15, 0.2) is 28.7 Å². The maximum Gasteiger partial charge on any atom is 0.140 e. The number of benzene rings is 1. The lowest BCUT2D eigenvalue weighted by molar-refractivity contribution is 0.628. The predicted molar refractivity (Wildman–Crippen MR) is 67.3 cm³/mol. The van der Waals surface area contributed by atoms with E-state index in [-0.39, 0.29) is 5.82 Å². The molecule has 0 saturated carbocycles. The minimum Gasteiger partial charge on any atom is -0.343 e. The minimum absolute atomic E-state index is 0.305. The van der Waals surface area contributed by atoms with Gasteiger partial charge >= 0.3 is 0 Å². The van der Waals surface area contributed by atoms with Gasteiger partial charge in [0, 0.05) is 15.7 Å². The summed E-state index contributed by atoms with van der Waals surface area (Å²) in [6.07, 6.45) is 0. The summed E-state index contributed by atoms with van der Waals surface area (Å²) in [4.78, 5) is 7.23. The quantitative estimate of drug-likeness (QED) is 0.806. The van der Waals surface area contributed by atoms with E-state index in [1.807, 2.05) is 6.92 Å². The van der Waals surface area contributed by atoms with Gasteiger partial charge in [0.2, 0.25) is 0 Å². The molecule has 1 N–H and O–H groups in total. The van der Waals surface area contributed by atoms with E-state index in [9.17, 15) is 4.39 Å². The number of hydrogen-bond acceptors (Lipinski definition) is 2. The van der Waals surface area contributed by atoms with Crippen LogP contribution in [0.5, 0.6) is 0 Å². The molecule has 16 heavy (non-hydrogen) atoms. The van der Waals surface area contributed by atoms with Gasteiger partial charge in [0.25, 0.3) is 0 Å². The summed E-state index contributed by atoms with van der Waals surface area (Å²) in [5, 5.41) is 0. The fourth-order valence-electron chi connectivity index (χ4n) is 1.39. The first-order valence-electron chi connectivity index (χ1n) is 4.59. The van der Waals surface area contributed by atoms with Crippen molar-refractivity contribution in [1.29, 1.82) is 0 Å². The molecule has 0 aliphatic heterocycles. The first-order valence-corrected chi connectivity index (χ1v) is 5.80. The van der Waals surface area contributed by atoms with Crippen molar-refractivity contribution in [2.45, 2.75) is 6.92 Å². The Bertz CT molecular complexity index is 595. The second-order valence-corrected chi connectivity index (χ2v) is 4.65. The molecule has 0 fully saturated rings. The first-order chi connectivity index (χ1) is 7.56. The minimum atomic E-state index is -0.305. The molecule has 1 heterocycles. The van der Waals surface area contributed by atoms with Crippen molar-refractivity contribution in [3.8, 4) is 11.4 Å². The maximum absolute atomic E-state index is 13.1. The molecule has 1 aromatic carbocycles. The number of aromatic amines is 1. The molecule has 1 aromatic heterocycles. The number of aromatic nitrogens is 2. The molecule has 0 amide bonds. The second kappa shape index (κ2) is 4.43. The lowest BCUT2D eigenvalue weighted by Gasteiger charge is -2.05. The number of hydrogen-bond donors (Lipinski definition) is 1. The predicted octanol–water partition coefficient (Wildman–Crippen LogP) is 4.02. The number of halogens is 2. The number of aryl methyl sites for hydroxylation is 1. The van der Waals surface area contributed by atoms with Crippen LogP contribution in [-0.4, -0.2) is 9.97 Å². The highest BCUT2D eigenvalue weighted by molar-refractivity contribution is 9.10. The van der Waals surface area contributed by atoms with Crippen molar-refractivity contribution in [3.05, 3.63) is 44.9 Å².